The Bertz CT molecular complexity index is 863. The fourth-order valence-electron chi connectivity index (χ4n) is 2.63. The van der Waals surface area contributed by atoms with Crippen LogP contribution in [0.4, 0.5) is 5.69 Å². The molecular weight excluding hydrogens is 390 g/mol. The normalized spacial score (nSPS) is 11.6. The van der Waals surface area contributed by atoms with Gasteiger partial charge in [-0.1, -0.05) is 71.4 Å². The largest absolute Gasteiger partial charge is 0.481 e. The predicted octanol–water partition coefficient (Wildman–Crippen LogP) is 5.91. The van der Waals surface area contributed by atoms with Crippen LogP contribution in [0.25, 0.3) is 11.1 Å². The third-order valence-corrected chi connectivity index (χ3v) is 4.49. The monoisotopic (exact) mass is 409 g/mol. The average molecular weight is 410 g/mol. The number of amides is 1. The molecule has 0 radical (unpaired) electrons. The second-order valence-corrected chi connectivity index (χ2v) is 6.82. The van der Waals surface area contributed by atoms with E-state index >= 15 is 0 Å². The standard InChI is InChI=1S/C22H20BrNO2/c1-2-21(22(25)24-19-10-6-9-18(23)15-19)26-20-13-11-17(12-14-20)16-7-4-3-5-8-16/h3-15,21H,2H2,1H3,(H,24,25). The highest BCUT2D eigenvalue weighted by Gasteiger charge is 2.18. The summed E-state index contributed by atoms with van der Waals surface area (Å²) in [6.45, 7) is 1.93. The van der Waals surface area contributed by atoms with Crippen LogP contribution in [0.1, 0.15) is 13.3 Å². The van der Waals surface area contributed by atoms with Gasteiger partial charge >= 0.3 is 0 Å². The number of halogens is 1. The molecule has 3 rings (SSSR count). The fraction of sp³-hybridized carbons (Fsp3) is 0.136. The van der Waals surface area contributed by atoms with Crippen molar-refractivity contribution in [3.63, 3.8) is 0 Å². The number of hydrogen-bond donors (Lipinski definition) is 1. The van der Waals surface area contributed by atoms with E-state index in [2.05, 4.69) is 33.4 Å². The summed E-state index contributed by atoms with van der Waals surface area (Å²) < 4.78 is 6.81. The molecule has 1 unspecified atom stereocenters. The van der Waals surface area contributed by atoms with Crippen molar-refractivity contribution in [2.24, 2.45) is 0 Å². The summed E-state index contributed by atoms with van der Waals surface area (Å²) >= 11 is 3.40. The van der Waals surface area contributed by atoms with Gasteiger partial charge in [0, 0.05) is 10.2 Å². The van der Waals surface area contributed by atoms with E-state index in [-0.39, 0.29) is 5.91 Å². The third-order valence-electron chi connectivity index (χ3n) is 4.00. The molecule has 1 N–H and O–H groups in total. The van der Waals surface area contributed by atoms with Crippen molar-refractivity contribution in [1.29, 1.82) is 0 Å². The molecule has 3 aromatic rings. The quantitative estimate of drug-likeness (QED) is 0.549. The molecule has 0 saturated heterocycles. The molecule has 0 saturated carbocycles. The third kappa shape index (κ3) is 4.73. The van der Waals surface area contributed by atoms with Crippen molar-refractivity contribution in [3.05, 3.63) is 83.3 Å². The zero-order chi connectivity index (χ0) is 18.4. The number of anilines is 1. The highest BCUT2D eigenvalue weighted by Crippen LogP contribution is 2.23. The van der Waals surface area contributed by atoms with Gasteiger partial charge in [0.2, 0.25) is 0 Å². The summed E-state index contributed by atoms with van der Waals surface area (Å²) in [5, 5.41) is 2.90. The molecule has 132 valence electrons. The van der Waals surface area contributed by atoms with Crippen LogP contribution in [-0.4, -0.2) is 12.0 Å². The fourth-order valence-corrected chi connectivity index (χ4v) is 3.03. The van der Waals surface area contributed by atoms with Crippen LogP contribution in [0, 0.1) is 0 Å². The molecule has 3 aromatic carbocycles. The molecule has 0 aromatic heterocycles. The van der Waals surface area contributed by atoms with Gasteiger partial charge in [-0.15, -0.1) is 0 Å². The van der Waals surface area contributed by atoms with Crippen molar-refractivity contribution in [2.45, 2.75) is 19.4 Å². The molecule has 3 nitrogen and oxygen atoms in total. The maximum atomic E-state index is 12.5. The molecule has 0 fully saturated rings. The van der Waals surface area contributed by atoms with E-state index in [4.69, 9.17) is 4.74 Å². The average Bonchev–Trinajstić information content (AvgIpc) is 2.67. The molecule has 0 bridgehead atoms. The first kappa shape index (κ1) is 18.2. The van der Waals surface area contributed by atoms with Crippen molar-refractivity contribution < 1.29 is 9.53 Å². The number of rotatable bonds is 6. The summed E-state index contributed by atoms with van der Waals surface area (Å²) in [6, 6.07) is 25.5. The second-order valence-electron chi connectivity index (χ2n) is 5.90. The second kappa shape index (κ2) is 8.68. The van der Waals surface area contributed by atoms with Gasteiger partial charge in [-0.25, -0.2) is 0 Å². The van der Waals surface area contributed by atoms with Crippen molar-refractivity contribution in [1.82, 2.24) is 0 Å². The molecule has 0 heterocycles. The molecule has 0 aliphatic rings. The van der Waals surface area contributed by atoms with Crippen LogP contribution in [0.15, 0.2) is 83.3 Å². The van der Waals surface area contributed by atoms with Crippen LogP contribution in [0.3, 0.4) is 0 Å². The van der Waals surface area contributed by atoms with Crippen LogP contribution in [-0.2, 0) is 4.79 Å². The summed E-state index contributed by atoms with van der Waals surface area (Å²) in [6.07, 6.45) is 0.0387. The van der Waals surface area contributed by atoms with Gasteiger partial charge in [0.15, 0.2) is 6.10 Å². The van der Waals surface area contributed by atoms with Crippen molar-refractivity contribution in [2.75, 3.05) is 5.32 Å². The van der Waals surface area contributed by atoms with Crippen LogP contribution < -0.4 is 10.1 Å². The topological polar surface area (TPSA) is 38.3 Å². The Morgan fingerprint density at radius 2 is 1.65 bits per heavy atom. The number of ether oxygens (including phenoxy) is 1. The van der Waals surface area contributed by atoms with E-state index < -0.39 is 6.10 Å². The number of carbonyl (C=O) groups excluding carboxylic acids is 1. The van der Waals surface area contributed by atoms with Gasteiger partial charge in [-0.3, -0.25) is 4.79 Å². The van der Waals surface area contributed by atoms with Gasteiger partial charge in [0.25, 0.3) is 5.91 Å². The predicted molar refractivity (Wildman–Crippen MR) is 109 cm³/mol. The minimum absolute atomic E-state index is 0.155. The van der Waals surface area contributed by atoms with E-state index in [0.717, 1.165) is 21.3 Å². The van der Waals surface area contributed by atoms with Gasteiger partial charge in [0.05, 0.1) is 0 Å². The SMILES string of the molecule is CCC(Oc1ccc(-c2ccccc2)cc1)C(=O)Nc1cccc(Br)c1. The highest BCUT2D eigenvalue weighted by molar-refractivity contribution is 9.10. The lowest BCUT2D eigenvalue weighted by atomic mass is 10.1. The van der Waals surface area contributed by atoms with E-state index in [1.807, 2.05) is 73.7 Å². The number of nitrogens with one attached hydrogen (secondary N) is 1. The van der Waals surface area contributed by atoms with E-state index in [1.54, 1.807) is 0 Å². The highest BCUT2D eigenvalue weighted by atomic mass is 79.9. The lowest BCUT2D eigenvalue weighted by molar-refractivity contribution is -0.122. The van der Waals surface area contributed by atoms with Crippen LogP contribution >= 0.6 is 15.9 Å². The zero-order valence-electron chi connectivity index (χ0n) is 14.5. The lowest BCUT2D eigenvalue weighted by Gasteiger charge is -2.17. The Hall–Kier alpha value is -2.59. The molecule has 0 aliphatic carbocycles. The van der Waals surface area contributed by atoms with E-state index in [0.29, 0.717) is 12.2 Å². The lowest BCUT2D eigenvalue weighted by Crippen LogP contribution is -2.32. The molecule has 26 heavy (non-hydrogen) atoms. The Labute approximate surface area is 162 Å². The first-order valence-electron chi connectivity index (χ1n) is 8.54. The Morgan fingerprint density at radius 3 is 2.31 bits per heavy atom. The Morgan fingerprint density at radius 1 is 0.962 bits per heavy atom. The zero-order valence-corrected chi connectivity index (χ0v) is 16.1. The first-order chi connectivity index (χ1) is 12.7. The summed E-state index contributed by atoms with van der Waals surface area (Å²) in [7, 11) is 0. The first-order valence-corrected chi connectivity index (χ1v) is 9.33. The molecule has 1 atom stereocenters. The van der Waals surface area contributed by atoms with Crippen molar-refractivity contribution >= 4 is 27.5 Å². The van der Waals surface area contributed by atoms with Gasteiger partial charge < -0.3 is 10.1 Å². The maximum absolute atomic E-state index is 12.5. The number of hydrogen-bond acceptors (Lipinski definition) is 2. The molecule has 0 spiro atoms. The van der Waals surface area contributed by atoms with E-state index in [1.165, 1.54) is 0 Å². The van der Waals surface area contributed by atoms with Crippen LogP contribution in [0.5, 0.6) is 5.75 Å². The maximum Gasteiger partial charge on any atom is 0.265 e. The summed E-state index contributed by atoms with van der Waals surface area (Å²) in [5.74, 6) is 0.527. The molecule has 0 aliphatic heterocycles. The molecular formula is C22H20BrNO2. The summed E-state index contributed by atoms with van der Waals surface area (Å²) in [4.78, 5) is 12.5. The minimum atomic E-state index is -0.545. The van der Waals surface area contributed by atoms with Crippen LogP contribution in [0.2, 0.25) is 0 Å². The number of benzene rings is 3. The smallest absolute Gasteiger partial charge is 0.265 e. The minimum Gasteiger partial charge on any atom is -0.481 e. The van der Waals surface area contributed by atoms with Crippen molar-refractivity contribution in [3.8, 4) is 16.9 Å². The molecule has 1 amide bonds. The van der Waals surface area contributed by atoms with E-state index in [9.17, 15) is 4.79 Å². The van der Waals surface area contributed by atoms with Gasteiger partial charge in [-0.2, -0.15) is 0 Å². The Kier molecular flexibility index (Phi) is 6.08. The number of carbonyl (C=O) groups is 1. The van der Waals surface area contributed by atoms with Gasteiger partial charge in [0.1, 0.15) is 5.75 Å². The van der Waals surface area contributed by atoms with Gasteiger partial charge in [-0.05, 0) is 47.9 Å². The molecule has 4 heteroatoms. The Balaban J connectivity index is 1.66. The summed E-state index contributed by atoms with van der Waals surface area (Å²) in [5.41, 5.74) is 3.01.